The predicted molar refractivity (Wildman–Crippen MR) is 94.2 cm³/mol. The molecule has 1 N–H and O–H groups in total. The number of ether oxygens (including phenoxy) is 1. The molecule has 0 bridgehead atoms. The van der Waals surface area contributed by atoms with E-state index in [4.69, 9.17) is 4.74 Å². The van der Waals surface area contributed by atoms with Crippen molar-refractivity contribution >= 4 is 21.7 Å². The predicted octanol–water partition coefficient (Wildman–Crippen LogP) is 2.25. The van der Waals surface area contributed by atoms with Crippen LogP contribution in [-0.4, -0.2) is 39.7 Å². The first-order valence-corrected chi connectivity index (χ1v) is 10.4. The molecule has 1 saturated carbocycles. The van der Waals surface area contributed by atoms with Crippen molar-refractivity contribution in [1.82, 2.24) is 5.32 Å². The lowest BCUT2D eigenvalue weighted by atomic mass is 9.89. The Kier molecular flexibility index (Phi) is 6.58. The molecular weight excluding hydrogens is 342 g/mol. The topological polar surface area (TPSA) is 89.5 Å². The van der Waals surface area contributed by atoms with Crippen LogP contribution in [0.3, 0.4) is 0 Å². The molecule has 1 aromatic rings. The lowest BCUT2D eigenvalue weighted by molar-refractivity contribution is -0.124. The SMILES string of the molecule is Cc1ccc(S(C)(=O)=O)cc1C(=O)OCC(=O)NCC1CCCCC1. The zero-order valence-electron chi connectivity index (χ0n) is 14.7. The molecule has 1 fully saturated rings. The van der Waals surface area contributed by atoms with Gasteiger partial charge in [-0.25, -0.2) is 13.2 Å². The van der Waals surface area contributed by atoms with Gasteiger partial charge in [0.1, 0.15) is 0 Å². The number of hydrogen-bond donors (Lipinski definition) is 1. The molecule has 0 heterocycles. The molecule has 1 aliphatic carbocycles. The highest BCUT2D eigenvalue weighted by molar-refractivity contribution is 7.90. The molecular formula is C18H25NO5S. The minimum Gasteiger partial charge on any atom is -0.452 e. The lowest BCUT2D eigenvalue weighted by Crippen LogP contribution is -2.33. The van der Waals surface area contributed by atoms with Crippen molar-refractivity contribution in [2.45, 2.75) is 43.9 Å². The smallest absolute Gasteiger partial charge is 0.338 e. The van der Waals surface area contributed by atoms with Gasteiger partial charge in [0.15, 0.2) is 16.4 Å². The average Bonchev–Trinajstić information content (AvgIpc) is 2.58. The van der Waals surface area contributed by atoms with Crippen molar-refractivity contribution < 1.29 is 22.7 Å². The number of benzene rings is 1. The molecule has 1 aromatic carbocycles. The quantitative estimate of drug-likeness (QED) is 0.779. The number of nitrogens with one attached hydrogen (secondary N) is 1. The maximum absolute atomic E-state index is 12.2. The Morgan fingerprint density at radius 3 is 2.52 bits per heavy atom. The van der Waals surface area contributed by atoms with Gasteiger partial charge in [0.25, 0.3) is 5.91 Å². The molecule has 138 valence electrons. The molecule has 0 unspecified atom stereocenters. The van der Waals surface area contributed by atoms with Crippen molar-refractivity contribution in [3.63, 3.8) is 0 Å². The van der Waals surface area contributed by atoms with E-state index in [2.05, 4.69) is 5.32 Å². The number of carbonyl (C=O) groups excluding carboxylic acids is 2. The van der Waals surface area contributed by atoms with Gasteiger partial charge in [-0.3, -0.25) is 4.79 Å². The van der Waals surface area contributed by atoms with Crippen LogP contribution in [0, 0.1) is 12.8 Å². The second-order valence-corrected chi connectivity index (χ2v) is 8.65. The third-order valence-corrected chi connectivity index (χ3v) is 5.61. The van der Waals surface area contributed by atoms with Gasteiger partial charge in [0.05, 0.1) is 10.5 Å². The zero-order chi connectivity index (χ0) is 18.4. The number of rotatable bonds is 6. The number of carbonyl (C=O) groups is 2. The van der Waals surface area contributed by atoms with Crippen LogP contribution in [0.1, 0.15) is 48.0 Å². The first kappa shape index (κ1) is 19.4. The molecule has 0 saturated heterocycles. The Bertz CT molecular complexity index is 736. The van der Waals surface area contributed by atoms with E-state index in [1.54, 1.807) is 13.0 Å². The third-order valence-electron chi connectivity index (χ3n) is 4.50. The summed E-state index contributed by atoms with van der Waals surface area (Å²) in [7, 11) is -3.42. The summed E-state index contributed by atoms with van der Waals surface area (Å²) < 4.78 is 28.2. The third kappa shape index (κ3) is 5.85. The van der Waals surface area contributed by atoms with Gasteiger partial charge < -0.3 is 10.1 Å². The first-order valence-electron chi connectivity index (χ1n) is 8.52. The fourth-order valence-electron chi connectivity index (χ4n) is 2.96. The van der Waals surface area contributed by atoms with Crippen LogP contribution >= 0.6 is 0 Å². The van der Waals surface area contributed by atoms with E-state index in [0.29, 0.717) is 18.0 Å². The van der Waals surface area contributed by atoms with E-state index < -0.39 is 15.8 Å². The molecule has 1 aliphatic rings. The Morgan fingerprint density at radius 1 is 1.20 bits per heavy atom. The average molecular weight is 367 g/mol. The van der Waals surface area contributed by atoms with Crippen molar-refractivity contribution in [3.05, 3.63) is 29.3 Å². The molecule has 7 heteroatoms. The highest BCUT2D eigenvalue weighted by Crippen LogP contribution is 2.22. The van der Waals surface area contributed by atoms with Gasteiger partial charge in [0.2, 0.25) is 0 Å². The second kappa shape index (κ2) is 8.47. The summed E-state index contributed by atoms with van der Waals surface area (Å²) in [5.74, 6) is -0.534. The van der Waals surface area contributed by atoms with Crippen molar-refractivity contribution in [2.75, 3.05) is 19.4 Å². The highest BCUT2D eigenvalue weighted by Gasteiger charge is 2.18. The van der Waals surface area contributed by atoms with Gasteiger partial charge >= 0.3 is 5.97 Å². The molecule has 1 amide bonds. The largest absolute Gasteiger partial charge is 0.452 e. The van der Waals surface area contributed by atoms with Gasteiger partial charge in [-0.1, -0.05) is 25.3 Å². The lowest BCUT2D eigenvalue weighted by Gasteiger charge is -2.21. The Labute approximate surface area is 148 Å². The summed E-state index contributed by atoms with van der Waals surface area (Å²) in [6.45, 7) is 1.93. The van der Waals surface area contributed by atoms with E-state index in [1.807, 2.05) is 0 Å². The monoisotopic (exact) mass is 367 g/mol. The summed E-state index contributed by atoms with van der Waals surface area (Å²) in [5, 5.41) is 2.80. The van der Waals surface area contributed by atoms with Crippen LogP contribution in [0.25, 0.3) is 0 Å². The number of esters is 1. The number of aryl methyl sites for hydroxylation is 1. The van der Waals surface area contributed by atoms with E-state index in [0.717, 1.165) is 19.1 Å². The molecule has 25 heavy (non-hydrogen) atoms. The maximum Gasteiger partial charge on any atom is 0.338 e. The molecule has 0 aromatic heterocycles. The summed E-state index contributed by atoms with van der Waals surface area (Å²) in [5.41, 5.74) is 0.753. The zero-order valence-corrected chi connectivity index (χ0v) is 15.5. The van der Waals surface area contributed by atoms with Gasteiger partial charge in [-0.05, 0) is 43.4 Å². The van der Waals surface area contributed by atoms with Crippen LogP contribution in [0.15, 0.2) is 23.1 Å². The summed E-state index contributed by atoms with van der Waals surface area (Å²) >= 11 is 0. The molecule has 0 spiro atoms. The summed E-state index contributed by atoms with van der Waals surface area (Å²) in [6, 6.07) is 4.28. The van der Waals surface area contributed by atoms with Crippen LogP contribution in [0.2, 0.25) is 0 Å². The molecule has 2 rings (SSSR count). The van der Waals surface area contributed by atoms with E-state index >= 15 is 0 Å². The van der Waals surface area contributed by atoms with Crippen LogP contribution < -0.4 is 5.32 Å². The van der Waals surface area contributed by atoms with Crippen LogP contribution in [0.4, 0.5) is 0 Å². The van der Waals surface area contributed by atoms with Gasteiger partial charge in [0, 0.05) is 12.8 Å². The molecule has 0 radical (unpaired) electrons. The van der Waals surface area contributed by atoms with Crippen molar-refractivity contribution in [1.29, 1.82) is 0 Å². The van der Waals surface area contributed by atoms with E-state index in [-0.39, 0.29) is 23.0 Å². The normalized spacial score (nSPS) is 15.6. The Hall–Kier alpha value is -1.89. The second-order valence-electron chi connectivity index (χ2n) is 6.63. The van der Waals surface area contributed by atoms with Crippen LogP contribution in [0.5, 0.6) is 0 Å². The van der Waals surface area contributed by atoms with E-state index in [1.165, 1.54) is 31.4 Å². The number of hydrogen-bond acceptors (Lipinski definition) is 5. The molecule has 6 nitrogen and oxygen atoms in total. The minimum atomic E-state index is -3.42. The van der Waals surface area contributed by atoms with Crippen molar-refractivity contribution in [2.24, 2.45) is 5.92 Å². The van der Waals surface area contributed by atoms with Gasteiger partial charge in [-0.15, -0.1) is 0 Å². The summed E-state index contributed by atoms with van der Waals surface area (Å²) in [4.78, 5) is 24.1. The van der Waals surface area contributed by atoms with Gasteiger partial charge in [-0.2, -0.15) is 0 Å². The fraction of sp³-hybridized carbons (Fsp3) is 0.556. The number of sulfone groups is 1. The Balaban J connectivity index is 1.88. The maximum atomic E-state index is 12.2. The minimum absolute atomic E-state index is 0.0480. The Morgan fingerprint density at radius 2 is 1.88 bits per heavy atom. The number of amides is 1. The van der Waals surface area contributed by atoms with Crippen LogP contribution in [-0.2, 0) is 19.4 Å². The highest BCUT2D eigenvalue weighted by atomic mass is 32.2. The first-order chi connectivity index (χ1) is 11.8. The fourth-order valence-corrected chi connectivity index (χ4v) is 3.61. The molecule has 0 atom stereocenters. The van der Waals surface area contributed by atoms with Crippen molar-refractivity contribution in [3.8, 4) is 0 Å². The van der Waals surface area contributed by atoms with E-state index in [9.17, 15) is 18.0 Å². The summed E-state index contributed by atoms with van der Waals surface area (Å²) in [6.07, 6.45) is 6.98. The molecule has 0 aliphatic heterocycles. The standard InChI is InChI=1S/C18H25NO5S/c1-13-8-9-15(25(2,22)23)10-16(13)18(21)24-12-17(20)19-11-14-6-4-3-5-7-14/h8-10,14H,3-7,11-12H2,1-2H3,(H,19,20).